The van der Waals surface area contributed by atoms with Crippen molar-refractivity contribution in [2.24, 2.45) is 10.2 Å². The van der Waals surface area contributed by atoms with Gasteiger partial charge in [0.1, 0.15) is 5.82 Å². The van der Waals surface area contributed by atoms with E-state index < -0.39 is 0 Å². The number of hydrogen-bond acceptors (Lipinski definition) is 2. The summed E-state index contributed by atoms with van der Waals surface area (Å²) in [6.07, 6.45) is 10.1. The van der Waals surface area contributed by atoms with E-state index in [0.29, 0.717) is 0 Å². The molecule has 3 rings (SSSR count). The van der Waals surface area contributed by atoms with Gasteiger partial charge in [0.2, 0.25) is 0 Å². The topological polar surface area (TPSA) is 24.7 Å². The van der Waals surface area contributed by atoms with Gasteiger partial charge < -0.3 is 0 Å². The molecule has 1 aromatic rings. The van der Waals surface area contributed by atoms with E-state index in [1.165, 1.54) is 6.42 Å². The summed E-state index contributed by atoms with van der Waals surface area (Å²) in [5.41, 5.74) is 3.64. The Bertz CT molecular complexity index is 570. The van der Waals surface area contributed by atoms with Gasteiger partial charge in [-0.2, -0.15) is 10.2 Å². The molecule has 0 unspecified atom stereocenters. The molecule has 19 heavy (non-hydrogen) atoms. The third-order valence-corrected chi connectivity index (χ3v) is 3.71. The predicted octanol–water partition coefficient (Wildman–Crippen LogP) is 4.35. The van der Waals surface area contributed by atoms with Crippen LogP contribution in [-0.4, -0.2) is 11.9 Å². The minimum absolute atomic E-state index is 0.136. The third kappa shape index (κ3) is 2.65. The summed E-state index contributed by atoms with van der Waals surface area (Å²) < 4.78 is 14.3. The Kier molecular flexibility index (Phi) is 3.53. The van der Waals surface area contributed by atoms with E-state index in [-0.39, 0.29) is 5.82 Å². The summed E-state index contributed by atoms with van der Waals surface area (Å²) in [7, 11) is 0. The molecule has 0 saturated carbocycles. The van der Waals surface area contributed by atoms with Crippen LogP contribution in [0.2, 0.25) is 0 Å². The molecule has 1 aromatic carbocycles. The second-order valence-electron chi connectivity index (χ2n) is 5.05. The van der Waals surface area contributed by atoms with Crippen molar-refractivity contribution in [2.45, 2.75) is 38.5 Å². The molecule has 0 N–H and O–H groups in total. The zero-order valence-electron chi connectivity index (χ0n) is 10.9. The lowest BCUT2D eigenvalue weighted by molar-refractivity contribution is 0.620. The Labute approximate surface area is 112 Å². The zero-order chi connectivity index (χ0) is 13.1. The first-order valence-corrected chi connectivity index (χ1v) is 6.92. The lowest BCUT2D eigenvalue weighted by atomic mass is 9.92. The van der Waals surface area contributed by atoms with Crippen LogP contribution in [0.1, 0.15) is 49.7 Å². The van der Waals surface area contributed by atoms with Crippen molar-refractivity contribution in [3.63, 3.8) is 0 Å². The molecular weight excluding hydrogens is 239 g/mol. The van der Waals surface area contributed by atoms with Gasteiger partial charge in [-0.3, -0.25) is 0 Å². The van der Waals surface area contributed by atoms with Gasteiger partial charge in [-0.25, -0.2) is 4.39 Å². The van der Waals surface area contributed by atoms with Crippen LogP contribution in [-0.2, 0) is 0 Å². The molecule has 98 valence electrons. The lowest BCUT2D eigenvalue weighted by Crippen LogP contribution is -2.05. The number of rotatable bonds is 2. The molecule has 1 heterocycles. The maximum atomic E-state index is 14.3. The van der Waals surface area contributed by atoms with Crippen LogP contribution in [0, 0.1) is 5.82 Å². The summed E-state index contributed by atoms with van der Waals surface area (Å²) in [4.78, 5) is 0. The highest BCUT2D eigenvalue weighted by Crippen LogP contribution is 2.29. The van der Waals surface area contributed by atoms with Gasteiger partial charge in [-0.05, 0) is 50.2 Å². The van der Waals surface area contributed by atoms with E-state index in [1.54, 1.807) is 12.3 Å². The van der Waals surface area contributed by atoms with Crippen molar-refractivity contribution in [1.29, 1.82) is 0 Å². The standard InChI is InChI=1S/C16H17FN2/c17-15-11-13(16-7-4-10-18-19-16)8-9-14(15)12-5-2-1-3-6-12/h5,8-11H,1-4,6-7H2. The number of benzene rings is 1. The second kappa shape index (κ2) is 5.47. The Morgan fingerprint density at radius 1 is 1.05 bits per heavy atom. The van der Waals surface area contributed by atoms with Gasteiger partial charge in [0.25, 0.3) is 0 Å². The van der Waals surface area contributed by atoms with E-state index in [2.05, 4.69) is 16.3 Å². The Hall–Kier alpha value is -1.77. The molecule has 1 aliphatic heterocycles. The molecule has 3 heteroatoms. The molecule has 0 amide bonds. The summed E-state index contributed by atoms with van der Waals surface area (Å²) in [5.74, 6) is -0.136. The van der Waals surface area contributed by atoms with E-state index in [0.717, 1.165) is 54.5 Å². The molecule has 0 atom stereocenters. The molecule has 2 aliphatic rings. The number of allylic oxidation sites excluding steroid dienone is 2. The highest BCUT2D eigenvalue weighted by Gasteiger charge is 2.13. The van der Waals surface area contributed by atoms with Gasteiger partial charge in [0, 0.05) is 17.3 Å². The molecule has 1 aliphatic carbocycles. The van der Waals surface area contributed by atoms with Crippen molar-refractivity contribution in [1.82, 2.24) is 0 Å². The molecule has 0 spiro atoms. The van der Waals surface area contributed by atoms with Crippen LogP contribution in [0.5, 0.6) is 0 Å². The first kappa shape index (κ1) is 12.3. The monoisotopic (exact) mass is 256 g/mol. The molecular formula is C16H17FN2. The molecule has 0 radical (unpaired) electrons. The SMILES string of the molecule is Fc1cc(C2=NN=CCC2)ccc1C1=CCCCC1. The van der Waals surface area contributed by atoms with E-state index in [1.807, 2.05) is 12.1 Å². The van der Waals surface area contributed by atoms with Gasteiger partial charge in [-0.15, -0.1) is 0 Å². The summed E-state index contributed by atoms with van der Waals surface area (Å²) in [6.45, 7) is 0. The average molecular weight is 256 g/mol. The number of hydrogen-bond donors (Lipinski definition) is 0. The van der Waals surface area contributed by atoms with Crippen LogP contribution in [0.4, 0.5) is 4.39 Å². The van der Waals surface area contributed by atoms with Gasteiger partial charge >= 0.3 is 0 Å². The first-order valence-electron chi connectivity index (χ1n) is 6.92. The average Bonchev–Trinajstić information content (AvgIpc) is 2.49. The third-order valence-electron chi connectivity index (χ3n) is 3.71. The van der Waals surface area contributed by atoms with E-state index in [9.17, 15) is 4.39 Å². The minimum atomic E-state index is -0.136. The predicted molar refractivity (Wildman–Crippen MR) is 77.1 cm³/mol. The Balaban J connectivity index is 1.91. The molecule has 0 fully saturated rings. The minimum Gasteiger partial charge on any atom is -0.206 e. The van der Waals surface area contributed by atoms with Gasteiger partial charge in [-0.1, -0.05) is 18.2 Å². The highest BCUT2D eigenvalue weighted by atomic mass is 19.1. The second-order valence-corrected chi connectivity index (χ2v) is 5.05. The largest absolute Gasteiger partial charge is 0.206 e. The van der Waals surface area contributed by atoms with E-state index >= 15 is 0 Å². The Morgan fingerprint density at radius 3 is 2.68 bits per heavy atom. The first-order chi connectivity index (χ1) is 9.34. The Morgan fingerprint density at radius 2 is 2.00 bits per heavy atom. The van der Waals surface area contributed by atoms with Crippen molar-refractivity contribution in [3.05, 3.63) is 41.2 Å². The fourth-order valence-electron chi connectivity index (χ4n) is 2.66. The molecule has 2 nitrogen and oxygen atoms in total. The summed E-state index contributed by atoms with van der Waals surface area (Å²) in [6, 6.07) is 5.46. The summed E-state index contributed by atoms with van der Waals surface area (Å²) in [5, 5.41) is 7.99. The number of nitrogens with zero attached hydrogens (tertiary/aromatic N) is 2. The molecule has 0 bridgehead atoms. The fraction of sp³-hybridized carbons (Fsp3) is 0.375. The number of halogens is 1. The quantitative estimate of drug-likeness (QED) is 0.751. The normalized spacial score (nSPS) is 19.0. The van der Waals surface area contributed by atoms with Crippen molar-refractivity contribution in [2.75, 3.05) is 0 Å². The van der Waals surface area contributed by atoms with Crippen molar-refractivity contribution in [3.8, 4) is 0 Å². The smallest absolute Gasteiger partial charge is 0.131 e. The van der Waals surface area contributed by atoms with Gasteiger partial charge in [0.15, 0.2) is 0 Å². The zero-order valence-corrected chi connectivity index (χ0v) is 10.9. The maximum absolute atomic E-state index is 14.3. The summed E-state index contributed by atoms with van der Waals surface area (Å²) >= 11 is 0. The van der Waals surface area contributed by atoms with Crippen LogP contribution in [0.25, 0.3) is 5.57 Å². The van der Waals surface area contributed by atoms with Crippen LogP contribution >= 0.6 is 0 Å². The van der Waals surface area contributed by atoms with E-state index in [4.69, 9.17) is 0 Å². The van der Waals surface area contributed by atoms with Crippen molar-refractivity contribution >= 4 is 17.5 Å². The fourth-order valence-corrected chi connectivity index (χ4v) is 2.66. The molecule has 0 aromatic heterocycles. The van der Waals surface area contributed by atoms with Crippen molar-refractivity contribution < 1.29 is 4.39 Å². The van der Waals surface area contributed by atoms with Gasteiger partial charge in [0.05, 0.1) is 5.71 Å². The lowest BCUT2D eigenvalue weighted by Gasteiger charge is -2.15. The highest BCUT2D eigenvalue weighted by molar-refractivity contribution is 6.02. The molecule has 0 saturated heterocycles. The van der Waals surface area contributed by atoms with Crippen LogP contribution in [0.3, 0.4) is 0 Å². The van der Waals surface area contributed by atoms with Crippen LogP contribution < -0.4 is 0 Å². The maximum Gasteiger partial charge on any atom is 0.131 e. The van der Waals surface area contributed by atoms with Crippen LogP contribution in [0.15, 0.2) is 34.5 Å².